The molecule has 0 fully saturated rings. The molecule has 2 aromatic rings. The fourth-order valence-corrected chi connectivity index (χ4v) is 3.31. The van der Waals surface area contributed by atoms with E-state index in [1.54, 1.807) is 4.90 Å². The van der Waals surface area contributed by atoms with E-state index >= 15 is 0 Å². The number of rotatable bonds is 6. The number of fused-ring (bicyclic) bond motifs is 1. The summed E-state index contributed by atoms with van der Waals surface area (Å²) in [6.45, 7) is 5.74. The van der Waals surface area contributed by atoms with Crippen molar-refractivity contribution in [2.45, 2.75) is 26.9 Å². The number of carbonyl (C=O) groups is 2. The summed E-state index contributed by atoms with van der Waals surface area (Å²) in [7, 11) is 0. The molecule has 8 nitrogen and oxygen atoms in total. The van der Waals surface area contributed by atoms with Crippen molar-refractivity contribution in [1.29, 1.82) is 0 Å². The van der Waals surface area contributed by atoms with E-state index in [2.05, 4.69) is 0 Å². The number of anilines is 2. The average Bonchev–Trinajstić information content (AvgIpc) is 2.70. The summed E-state index contributed by atoms with van der Waals surface area (Å²) in [4.78, 5) is 39.6. The first kappa shape index (κ1) is 20.3. The second kappa shape index (κ2) is 8.30. The maximum Gasteiger partial charge on any atom is 0.271 e. The van der Waals surface area contributed by atoms with Gasteiger partial charge in [-0.05, 0) is 31.0 Å². The van der Waals surface area contributed by atoms with Gasteiger partial charge in [-0.1, -0.05) is 32.0 Å². The number of nitro benzene ring substituents is 1. The molecule has 2 aromatic carbocycles. The highest BCUT2D eigenvalue weighted by molar-refractivity contribution is 6.07. The molecule has 0 spiro atoms. The maximum atomic E-state index is 13.1. The zero-order valence-electron chi connectivity index (χ0n) is 16.6. The molecule has 29 heavy (non-hydrogen) atoms. The topological polar surface area (TPSA) is 93.0 Å². The van der Waals surface area contributed by atoms with Crippen LogP contribution in [0.1, 0.15) is 20.8 Å². The van der Waals surface area contributed by atoms with Crippen molar-refractivity contribution in [2.24, 2.45) is 5.92 Å². The van der Waals surface area contributed by atoms with Crippen LogP contribution in [0.2, 0.25) is 0 Å². The second-order valence-electron chi connectivity index (χ2n) is 7.09. The Labute approximate surface area is 168 Å². The fourth-order valence-electron chi connectivity index (χ4n) is 3.31. The number of carbonyl (C=O) groups excluding carboxylic acids is 2. The summed E-state index contributed by atoms with van der Waals surface area (Å²) in [5, 5.41) is 11.2. The quantitative estimate of drug-likeness (QED) is 0.550. The minimum absolute atomic E-state index is 0.125. The molecule has 152 valence electrons. The molecule has 0 radical (unpaired) electrons. The molecule has 1 aliphatic heterocycles. The predicted octanol–water partition coefficient (Wildman–Crippen LogP) is 3.40. The van der Waals surface area contributed by atoms with Gasteiger partial charge in [-0.3, -0.25) is 24.6 Å². The van der Waals surface area contributed by atoms with Gasteiger partial charge in [0.15, 0.2) is 6.10 Å². The number of nitrogens with zero attached hydrogens (tertiary/aromatic N) is 3. The Balaban J connectivity index is 1.97. The lowest BCUT2D eigenvalue weighted by Crippen LogP contribution is -2.52. The van der Waals surface area contributed by atoms with Crippen LogP contribution in [0.25, 0.3) is 0 Å². The standard InChI is InChI=1S/C21H23N3O5/c1-4-22(15-8-6-5-7-9-15)19(25)13-23-17-12-16(24(27)28)10-11-18(17)29-20(14(2)3)21(23)26/h5-12,14,20H,4,13H2,1-3H3. The molecule has 1 heterocycles. The Hall–Kier alpha value is -3.42. The first-order valence-electron chi connectivity index (χ1n) is 9.45. The number of para-hydroxylation sites is 1. The third-order valence-corrected chi connectivity index (χ3v) is 4.79. The SMILES string of the molecule is CCN(C(=O)CN1C(=O)C(C(C)C)Oc2ccc([N+](=O)[O-])cc21)c1ccccc1. The third-order valence-electron chi connectivity index (χ3n) is 4.79. The van der Waals surface area contributed by atoms with E-state index < -0.39 is 11.0 Å². The van der Waals surface area contributed by atoms with E-state index in [4.69, 9.17) is 4.74 Å². The summed E-state index contributed by atoms with van der Waals surface area (Å²) >= 11 is 0. The Kier molecular flexibility index (Phi) is 5.81. The summed E-state index contributed by atoms with van der Waals surface area (Å²) in [5.41, 5.74) is 0.787. The van der Waals surface area contributed by atoms with Crippen LogP contribution < -0.4 is 14.5 Å². The van der Waals surface area contributed by atoms with E-state index in [-0.39, 0.29) is 35.7 Å². The van der Waals surface area contributed by atoms with Gasteiger partial charge in [0.25, 0.3) is 11.6 Å². The molecule has 0 aliphatic carbocycles. The Bertz CT molecular complexity index is 929. The molecular weight excluding hydrogens is 374 g/mol. The molecule has 0 aromatic heterocycles. The van der Waals surface area contributed by atoms with Gasteiger partial charge in [0.1, 0.15) is 12.3 Å². The van der Waals surface area contributed by atoms with E-state index in [0.29, 0.717) is 12.3 Å². The average molecular weight is 397 g/mol. The molecule has 1 unspecified atom stereocenters. The van der Waals surface area contributed by atoms with Crippen molar-refractivity contribution in [3.8, 4) is 5.75 Å². The van der Waals surface area contributed by atoms with Gasteiger partial charge in [-0.25, -0.2) is 0 Å². The normalized spacial score (nSPS) is 15.7. The second-order valence-corrected chi connectivity index (χ2v) is 7.09. The van der Waals surface area contributed by atoms with Gasteiger partial charge < -0.3 is 9.64 Å². The van der Waals surface area contributed by atoms with Crippen molar-refractivity contribution < 1.29 is 19.2 Å². The highest BCUT2D eigenvalue weighted by Gasteiger charge is 2.38. The highest BCUT2D eigenvalue weighted by atomic mass is 16.6. The van der Waals surface area contributed by atoms with Crippen LogP contribution in [-0.2, 0) is 9.59 Å². The Morgan fingerprint density at radius 3 is 2.52 bits per heavy atom. The number of hydrogen-bond acceptors (Lipinski definition) is 5. The van der Waals surface area contributed by atoms with Gasteiger partial charge in [0.05, 0.1) is 10.6 Å². The number of nitro groups is 1. The predicted molar refractivity (Wildman–Crippen MR) is 109 cm³/mol. The smallest absolute Gasteiger partial charge is 0.271 e. The molecule has 1 atom stereocenters. The lowest BCUT2D eigenvalue weighted by Gasteiger charge is -2.36. The molecule has 1 aliphatic rings. The van der Waals surface area contributed by atoms with Crippen molar-refractivity contribution in [2.75, 3.05) is 22.9 Å². The number of likely N-dealkylation sites (N-methyl/N-ethyl adjacent to an activating group) is 1. The van der Waals surface area contributed by atoms with Gasteiger partial charge in [0.2, 0.25) is 5.91 Å². The monoisotopic (exact) mass is 397 g/mol. The van der Waals surface area contributed by atoms with Crippen LogP contribution in [0.4, 0.5) is 17.1 Å². The summed E-state index contributed by atoms with van der Waals surface area (Å²) in [5.74, 6) is -0.441. The largest absolute Gasteiger partial charge is 0.478 e. The molecule has 3 rings (SSSR count). The van der Waals surface area contributed by atoms with Crippen molar-refractivity contribution >= 4 is 28.9 Å². The molecule has 8 heteroatoms. The molecule has 0 bridgehead atoms. The summed E-state index contributed by atoms with van der Waals surface area (Å²) in [6, 6.07) is 13.2. The van der Waals surface area contributed by atoms with Crippen LogP contribution in [0.5, 0.6) is 5.75 Å². The Morgan fingerprint density at radius 1 is 1.24 bits per heavy atom. The van der Waals surface area contributed by atoms with Crippen LogP contribution in [0.3, 0.4) is 0 Å². The van der Waals surface area contributed by atoms with Crippen molar-refractivity contribution in [1.82, 2.24) is 0 Å². The fraction of sp³-hybridized carbons (Fsp3) is 0.333. The van der Waals surface area contributed by atoms with Gasteiger partial charge in [-0.15, -0.1) is 0 Å². The molecular formula is C21H23N3O5. The van der Waals surface area contributed by atoms with E-state index in [9.17, 15) is 19.7 Å². The number of hydrogen-bond donors (Lipinski definition) is 0. The first-order valence-corrected chi connectivity index (χ1v) is 9.45. The van der Waals surface area contributed by atoms with E-state index in [0.717, 1.165) is 5.69 Å². The third kappa shape index (κ3) is 4.06. The van der Waals surface area contributed by atoms with Crippen LogP contribution >= 0.6 is 0 Å². The molecule has 2 amide bonds. The summed E-state index contributed by atoms with van der Waals surface area (Å²) in [6.07, 6.45) is -0.761. The minimum atomic E-state index is -0.761. The van der Waals surface area contributed by atoms with Crippen LogP contribution in [-0.4, -0.2) is 35.9 Å². The zero-order chi connectivity index (χ0) is 21.1. The van der Waals surface area contributed by atoms with E-state index in [1.807, 2.05) is 51.1 Å². The minimum Gasteiger partial charge on any atom is -0.478 e. The lowest BCUT2D eigenvalue weighted by molar-refractivity contribution is -0.384. The number of amides is 2. The molecule has 0 N–H and O–H groups in total. The van der Waals surface area contributed by atoms with Gasteiger partial charge in [-0.2, -0.15) is 0 Å². The van der Waals surface area contributed by atoms with Crippen LogP contribution in [0, 0.1) is 16.0 Å². The Morgan fingerprint density at radius 2 is 1.93 bits per heavy atom. The maximum absolute atomic E-state index is 13.1. The lowest BCUT2D eigenvalue weighted by atomic mass is 10.0. The number of non-ortho nitro benzene ring substituents is 1. The molecule has 0 saturated carbocycles. The van der Waals surface area contributed by atoms with Crippen LogP contribution in [0.15, 0.2) is 48.5 Å². The summed E-state index contributed by atoms with van der Waals surface area (Å²) < 4.78 is 5.78. The molecule has 0 saturated heterocycles. The zero-order valence-corrected chi connectivity index (χ0v) is 16.6. The van der Waals surface area contributed by atoms with Gasteiger partial charge in [0, 0.05) is 24.4 Å². The van der Waals surface area contributed by atoms with Gasteiger partial charge >= 0.3 is 0 Å². The van der Waals surface area contributed by atoms with E-state index in [1.165, 1.54) is 23.1 Å². The number of benzene rings is 2. The van der Waals surface area contributed by atoms with Crippen molar-refractivity contribution in [3.63, 3.8) is 0 Å². The highest BCUT2D eigenvalue weighted by Crippen LogP contribution is 2.38. The first-order chi connectivity index (χ1) is 13.8. The van der Waals surface area contributed by atoms with Crippen molar-refractivity contribution in [3.05, 3.63) is 58.6 Å². The number of ether oxygens (including phenoxy) is 1.